The predicted octanol–water partition coefficient (Wildman–Crippen LogP) is 5.32. The summed E-state index contributed by atoms with van der Waals surface area (Å²) < 4.78 is 23.4. The molecular weight excluding hydrogens is 540 g/mol. The molecule has 0 aliphatic heterocycles. The van der Waals surface area contributed by atoms with E-state index in [9.17, 15) is 24.0 Å². The van der Waals surface area contributed by atoms with Crippen molar-refractivity contribution in [1.82, 2.24) is 0 Å². The summed E-state index contributed by atoms with van der Waals surface area (Å²) in [7, 11) is 0. The minimum atomic E-state index is -1.64. The van der Waals surface area contributed by atoms with Crippen LogP contribution in [-0.4, -0.2) is 53.6 Å². The first-order chi connectivity index (χ1) is 19.6. The van der Waals surface area contributed by atoms with Crippen LogP contribution >= 0.6 is 0 Å². The third-order valence-corrected chi connectivity index (χ3v) is 8.20. The van der Waals surface area contributed by atoms with Gasteiger partial charge in [0.1, 0.15) is 18.3 Å². The van der Waals surface area contributed by atoms with E-state index in [1.807, 2.05) is 20.8 Å². The molecule has 1 fully saturated rings. The van der Waals surface area contributed by atoms with Crippen LogP contribution in [0, 0.1) is 17.3 Å². The first-order valence-corrected chi connectivity index (χ1v) is 14.3. The summed E-state index contributed by atoms with van der Waals surface area (Å²) >= 11 is 0. The van der Waals surface area contributed by atoms with Gasteiger partial charge in [0.15, 0.2) is 5.60 Å². The summed E-state index contributed by atoms with van der Waals surface area (Å²) in [5.74, 6) is -3.84. The second-order valence-electron chi connectivity index (χ2n) is 12.2. The van der Waals surface area contributed by atoms with Crippen molar-refractivity contribution < 1.29 is 42.9 Å². The fourth-order valence-electron chi connectivity index (χ4n) is 6.00. The third kappa shape index (κ3) is 7.36. The molecular formula is C33H42O9. The molecule has 2 aliphatic rings. The van der Waals surface area contributed by atoms with Gasteiger partial charge in [-0.2, -0.15) is 0 Å². The van der Waals surface area contributed by atoms with Crippen molar-refractivity contribution in [3.8, 4) is 0 Å². The van der Waals surface area contributed by atoms with Crippen molar-refractivity contribution in [1.29, 1.82) is 0 Å². The van der Waals surface area contributed by atoms with E-state index in [1.54, 1.807) is 56.3 Å². The van der Waals surface area contributed by atoms with E-state index in [1.165, 1.54) is 20.8 Å². The van der Waals surface area contributed by atoms with Crippen molar-refractivity contribution in [2.75, 3.05) is 0 Å². The molecule has 228 valence electrons. The lowest BCUT2D eigenvalue weighted by Crippen LogP contribution is -2.49. The van der Waals surface area contributed by atoms with Crippen LogP contribution in [-0.2, 0) is 38.1 Å². The Morgan fingerprint density at radius 3 is 2.07 bits per heavy atom. The molecule has 0 amide bonds. The van der Waals surface area contributed by atoms with Gasteiger partial charge in [-0.3, -0.25) is 19.2 Å². The Kier molecular flexibility index (Phi) is 10.2. The van der Waals surface area contributed by atoms with Crippen molar-refractivity contribution in [3.63, 3.8) is 0 Å². The second kappa shape index (κ2) is 13.0. The maximum absolute atomic E-state index is 14.2. The summed E-state index contributed by atoms with van der Waals surface area (Å²) in [6.45, 7) is 12.9. The molecule has 1 aromatic carbocycles. The standard InChI is InChI=1S/C33H42O9/c1-19-14-15-32(7,8)28(39-22(4)34)17-27(41-31(38)25-12-10-9-11-13-25)20(2)16-26-29(40-23(5)35)21(3)18-33(26,30(19)37)42-24(6)36/h9-14,16,21,26-29H,15,17-18H2,1-8H3/b19-14+,20-16+/t21-,26+,27-,28-,29+,33-/m1/s1. The molecule has 0 radical (unpaired) electrons. The van der Waals surface area contributed by atoms with Gasteiger partial charge in [0.05, 0.1) is 11.5 Å². The van der Waals surface area contributed by atoms with E-state index in [0.717, 1.165) is 0 Å². The summed E-state index contributed by atoms with van der Waals surface area (Å²) in [4.78, 5) is 64.3. The highest BCUT2D eigenvalue weighted by Gasteiger charge is 2.60. The molecule has 1 aromatic rings. The van der Waals surface area contributed by atoms with Gasteiger partial charge in [-0.05, 0) is 49.5 Å². The highest BCUT2D eigenvalue weighted by molar-refractivity contribution is 6.03. The lowest BCUT2D eigenvalue weighted by Gasteiger charge is -2.38. The molecule has 0 saturated heterocycles. The average Bonchev–Trinajstić information content (AvgIpc) is 3.15. The monoisotopic (exact) mass is 582 g/mol. The van der Waals surface area contributed by atoms with E-state index >= 15 is 0 Å². The number of hydrogen-bond donors (Lipinski definition) is 0. The summed E-state index contributed by atoms with van der Waals surface area (Å²) in [5, 5.41) is 0. The normalized spacial score (nSPS) is 31.9. The number of allylic oxidation sites excluding steroid dienone is 1. The van der Waals surface area contributed by atoms with Crippen molar-refractivity contribution >= 4 is 29.7 Å². The lowest BCUT2D eigenvalue weighted by molar-refractivity contribution is -0.169. The van der Waals surface area contributed by atoms with Crippen LogP contribution in [0.3, 0.4) is 0 Å². The fraction of sp³-hybridized carbons (Fsp3) is 0.545. The number of ether oxygens (including phenoxy) is 4. The minimum absolute atomic E-state index is 0.134. The molecule has 0 N–H and O–H groups in total. The number of carbonyl (C=O) groups is 5. The van der Waals surface area contributed by atoms with Gasteiger partial charge >= 0.3 is 23.9 Å². The molecule has 42 heavy (non-hydrogen) atoms. The molecule has 1 saturated carbocycles. The first-order valence-electron chi connectivity index (χ1n) is 14.3. The van der Waals surface area contributed by atoms with Crippen molar-refractivity contribution in [2.45, 2.75) is 98.6 Å². The van der Waals surface area contributed by atoms with Crippen LogP contribution in [0.25, 0.3) is 0 Å². The number of benzene rings is 1. The quantitative estimate of drug-likeness (QED) is 0.258. The number of rotatable bonds is 5. The molecule has 2 aliphatic carbocycles. The van der Waals surface area contributed by atoms with E-state index in [-0.39, 0.29) is 18.8 Å². The van der Waals surface area contributed by atoms with E-state index in [2.05, 4.69) is 0 Å². The molecule has 9 heteroatoms. The number of Topliss-reactive ketones (excluding diaryl/α,β-unsaturated/α-hetero) is 1. The van der Waals surface area contributed by atoms with E-state index in [4.69, 9.17) is 18.9 Å². The number of ketones is 1. The van der Waals surface area contributed by atoms with E-state index in [0.29, 0.717) is 23.1 Å². The molecule has 6 atom stereocenters. The Hall–Kier alpha value is -3.75. The Morgan fingerprint density at radius 2 is 1.50 bits per heavy atom. The topological polar surface area (TPSA) is 122 Å². The van der Waals surface area contributed by atoms with Gasteiger partial charge < -0.3 is 18.9 Å². The fourth-order valence-corrected chi connectivity index (χ4v) is 6.00. The van der Waals surface area contributed by atoms with Crippen molar-refractivity contribution in [3.05, 3.63) is 59.2 Å². The Morgan fingerprint density at radius 1 is 0.881 bits per heavy atom. The van der Waals surface area contributed by atoms with Gasteiger partial charge in [-0.1, -0.05) is 51.1 Å². The van der Waals surface area contributed by atoms with Crippen LogP contribution in [0.15, 0.2) is 53.6 Å². The van der Waals surface area contributed by atoms with Crippen molar-refractivity contribution in [2.24, 2.45) is 17.3 Å². The number of esters is 4. The Labute approximate surface area is 247 Å². The van der Waals surface area contributed by atoms with E-state index < -0.39 is 64.9 Å². The maximum atomic E-state index is 14.2. The second-order valence-corrected chi connectivity index (χ2v) is 12.2. The Balaban J connectivity index is 2.25. The number of fused-ring (bicyclic) bond motifs is 1. The lowest BCUT2D eigenvalue weighted by atomic mass is 9.76. The zero-order chi connectivity index (χ0) is 31.4. The molecule has 0 bridgehead atoms. The van der Waals surface area contributed by atoms with Crippen LogP contribution < -0.4 is 0 Å². The highest BCUT2D eigenvalue weighted by Crippen LogP contribution is 2.48. The summed E-state index contributed by atoms with van der Waals surface area (Å²) in [5.41, 5.74) is -1.04. The van der Waals surface area contributed by atoms with Gasteiger partial charge in [0, 0.05) is 39.0 Å². The van der Waals surface area contributed by atoms with Gasteiger partial charge in [-0.25, -0.2) is 4.79 Å². The minimum Gasteiger partial charge on any atom is -0.462 e. The average molecular weight is 583 g/mol. The zero-order valence-corrected chi connectivity index (χ0v) is 25.7. The van der Waals surface area contributed by atoms with Gasteiger partial charge in [-0.15, -0.1) is 0 Å². The smallest absolute Gasteiger partial charge is 0.338 e. The largest absolute Gasteiger partial charge is 0.462 e. The zero-order valence-electron chi connectivity index (χ0n) is 25.7. The molecule has 0 aromatic heterocycles. The van der Waals surface area contributed by atoms with Crippen LogP contribution in [0.1, 0.15) is 85.0 Å². The summed E-state index contributed by atoms with van der Waals surface area (Å²) in [6.07, 6.45) is 1.73. The van der Waals surface area contributed by atoms with Crippen LogP contribution in [0.4, 0.5) is 0 Å². The summed E-state index contributed by atoms with van der Waals surface area (Å²) in [6, 6.07) is 8.51. The third-order valence-electron chi connectivity index (χ3n) is 8.20. The SMILES string of the molecule is CC(=O)O[C@H]1[C@H](C)C[C@]2(OC(C)=O)C(=O)/C(C)=C/CC(C)(C)[C@H](OC(C)=O)C[C@@H](OC(=O)c3ccccc3)/C(C)=C/[C@@H]12. The van der Waals surface area contributed by atoms with Gasteiger partial charge in [0.25, 0.3) is 0 Å². The molecule has 0 spiro atoms. The Bertz CT molecular complexity index is 1280. The van der Waals surface area contributed by atoms with Crippen LogP contribution in [0.5, 0.6) is 0 Å². The molecule has 9 nitrogen and oxygen atoms in total. The van der Waals surface area contributed by atoms with Gasteiger partial charge in [0.2, 0.25) is 5.78 Å². The first kappa shape index (κ1) is 32.8. The number of carbonyl (C=O) groups excluding carboxylic acids is 5. The van der Waals surface area contributed by atoms with Crippen LogP contribution in [0.2, 0.25) is 0 Å². The maximum Gasteiger partial charge on any atom is 0.338 e. The predicted molar refractivity (Wildman–Crippen MR) is 154 cm³/mol. The highest BCUT2D eigenvalue weighted by atomic mass is 16.6. The molecule has 0 heterocycles. The number of hydrogen-bond acceptors (Lipinski definition) is 9. The molecule has 3 rings (SSSR count). The molecule has 0 unspecified atom stereocenters.